The first-order valence-corrected chi connectivity index (χ1v) is 8.67. The molecule has 1 aromatic heterocycles. The number of hydrogen-bond acceptors (Lipinski definition) is 5. The van der Waals surface area contributed by atoms with E-state index in [4.69, 9.17) is 9.47 Å². The largest absolute Gasteiger partial charge is 0.480 e. The zero-order chi connectivity index (χ0) is 17.3. The van der Waals surface area contributed by atoms with Gasteiger partial charge in [-0.3, -0.25) is 9.48 Å². The zero-order valence-electron chi connectivity index (χ0n) is 14.7. The fraction of sp³-hybridized carbons (Fsp3) is 0.765. The lowest BCUT2D eigenvalue weighted by Crippen LogP contribution is -2.54. The second-order valence-corrected chi connectivity index (χ2v) is 6.80. The Bertz CT molecular complexity index is 601. The van der Waals surface area contributed by atoms with Crippen molar-refractivity contribution < 1.29 is 19.4 Å². The van der Waals surface area contributed by atoms with E-state index in [0.29, 0.717) is 25.5 Å². The Hall–Kier alpha value is -1.60. The summed E-state index contributed by atoms with van der Waals surface area (Å²) >= 11 is 0. The molecule has 3 rings (SSSR count). The molecule has 2 heterocycles. The first kappa shape index (κ1) is 17.2. The van der Waals surface area contributed by atoms with E-state index in [2.05, 4.69) is 5.10 Å². The molecule has 0 bridgehead atoms. The molecule has 134 valence electrons. The minimum Gasteiger partial charge on any atom is -0.480 e. The summed E-state index contributed by atoms with van der Waals surface area (Å²) in [4.78, 5) is 14.5. The average Bonchev–Trinajstić information content (AvgIpc) is 3.09. The Balaban J connectivity index is 1.66. The van der Waals surface area contributed by atoms with E-state index < -0.39 is 0 Å². The van der Waals surface area contributed by atoms with Gasteiger partial charge in [0.15, 0.2) is 12.4 Å². The van der Waals surface area contributed by atoms with Crippen LogP contribution in [-0.2, 0) is 16.6 Å². The van der Waals surface area contributed by atoms with Gasteiger partial charge in [0.2, 0.25) is 0 Å². The Labute approximate surface area is 142 Å². The van der Waals surface area contributed by atoms with Crippen LogP contribution in [-0.4, -0.2) is 64.2 Å². The van der Waals surface area contributed by atoms with Crippen LogP contribution >= 0.6 is 0 Å². The van der Waals surface area contributed by atoms with Gasteiger partial charge in [-0.05, 0) is 26.7 Å². The standard InChI is InChI=1S/C17H27N3O4/c1-11-17(12(2)19(3)18-11)24-10-16(22)20-7-8-23-9-14(20)13-5-4-6-15(13)21/h13-15,21H,4-10H2,1-3H3/t13-,14-,15-/m1/s1. The Morgan fingerprint density at radius 3 is 2.83 bits per heavy atom. The lowest BCUT2D eigenvalue weighted by atomic mass is 9.94. The molecule has 1 saturated heterocycles. The lowest BCUT2D eigenvalue weighted by molar-refractivity contribution is -0.146. The molecule has 1 amide bonds. The first-order valence-electron chi connectivity index (χ1n) is 8.67. The molecule has 1 saturated carbocycles. The summed E-state index contributed by atoms with van der Waals surface area (Å²) in [7, 11) is 1.86. The van der Waals surface area contributed by atoms with E-state index in [0.717, 1.165) is 30.7 Å². The van der Waals surface area contributed by atoms with Crippen molar-refractivity contribution in [2.75, 3.05) is 26.4 Å². The van der Waals surface area contributed by atoms with Gasteiger partial charge in [-0.2, -0.15) is 5.10 Å². The van der Waals surface area contributed by atoms with E-state index in [1.54, 1.807) is 4.68 Å². The van der Waals surface area contributed by atoms with Crippen molar-refractivity contribution in [3.05, 3.63) is 11.4 Å². The first-order chi connectivity index (χ1) is 11.5. The molecule has 0 aromatic carbocycles. The van der Waals surface area contributed by atoms with Crippen LogP contribution in [0.25, 0.3) is 0 Å². The van der Waals surface area contributed by atoms with Crippen LogP contribution < -0.4 is 4.74 Å². The predicted molar refractivity (Wildman–Crippen MR) is 87.8 cm³/mol. The highest BCUT2D eigenvalue weighted by Gasteiger charge is 2.39. The topological polar surface area (TPSA) is 76.8 Å². The molecule has 3 atom stereocenters. The summed E-state index contributed by atoms with van der Waals surface area (Å²) in [5.41, 5.74) is 1.69. The molecule has 1 N–H and O–H groups in total. The molecule has 2 fully saturated rings. The number of amides is 1. The van der Waals surface area contributed by atoms with E-state index in [-0.39, 0.29) is 30.6 Å². The highest BCUT2D eigenvalue weighted by Crippen LogP contribution is 2.32. The van der Waals surface area contributed by atoms with Crippen LogP contribution in [0, 0.1) is 19.8 Å². The number of aromatic nitrogens is 2. The predicted octanol–water partition coefficient (Wildman–Crippen LogP) is 0.804. The van der Waals surface area contributed by atoms with Crippen molar-refractivity contribution in [3.8, 4) is 5.75 Å². The molecule has 0 spiro atoms. The molecule has 1 aromatic rings. The summed E-state index contributed by atoms with van der Waals surface area (Å²) < 4.78 is 13.1. The normalized spacial score (nSPS) is 27.5. The molecule has 7 heteroatoms. The Kier molecular flexibility index (Phi) is 5.10. The van der Waals surface area contributed by atoms with Crippen molar-refractivity contribution in [2.24, 2.45) is 13.0 Å². The molecule has 0 radical (unpaired) electrons. The van der Waals surface area contributed by atoms with Crippen LogP contribution in [0.2, 0.25) is 0 Å². The molecule has 0 unspecified atom stereocenters. The monoisotopic (exact) mass is 337 g/mol. The summed E-state index contributed by atoms with van der Waals surface area (Å²) in [6.07, 6.45) is 2.43. The van der Waals surface area contributed by atoms with Crippen molar-refractivity contribution in [1.29, 1.82) is 0 Å². The minimum atomic E-state index is -0.337. The Morgan fingerprint density at radius 2 is 2.21 bits per heavy atom. The SMILES string of the molecule is Cc1nn(C)c(C)c1OCC(=O)N1CCOC[C@@H]1[C@H]1CCC[C@H]1O. The van der Waals surface area contributed by atoms with Gasteiger partial charge in [0.05, 0.1) is 31.1 Å². The third-order valence-corrected chi connectivity index (χ3v) is 5.29. The number of aliphatic hydroxyl groups is 1. The quantitative estimate of drug-likeness (QED) is 0.880. The van der Waals surface area contributed by atoms with Crippen LogP contribution in [0.1, 0.15) is 30.7 Å². The number of carbonyl (C=O) groups is 1. The molecule has 24 heavy (non-hydrogen) atoms. The van der Waals surface area contributed by atoms with Gasteiger partial charge >= 0.3 is 0 Å². The Morgan fingerprint density at radius 1 is 1.42 bits per heavy atom. The number of aryl methyl sites for hydroxylation is 2. The van der Waals surface area contributed by atoms with Gasteiger partial charge in [0.25, 0.3) is 5.91 Å². The van der Waals surface area contributed by atoms with E-state index in [1.165, 1.54) is 0 Å². The van der Waals surface area contributed by atoms with Gasteiger partial charge in [-0.25, -0.2) is 0 Å². The fourth-order valence-electron chi connectivity index (χ4n) is 3.89. The second-order valence-electron chi connectivity index (χ2n) is 6.80. The third-order valence-electron chi connectivity index (χ3n) is 5.29. The maximum Gasteiger partial charge on any atom is 0.260 e. The number of nitrogens with zero attached hydrogens (tertiary/aromatic N) is 3. The molecule has 1 aliphatic heterocycles. The van der Waals surface area contributed by atoms with Crippen LogP contribution in [0.4, 0.5) is 0 Å². The summed E-state index contributed by atoms with van der Waals surface area (Å²) in [5, 5.41) is 14.5. The molecular formula is C17H27N3O4. The molecule has 2 aliphatic rings. The van der Waals surface area contributed by atoms with Crippen LogP contribution in [0.15, 0.2) is 0 Å². The smallest absolute Gasteiger partial charge is 0.260 e. The highest BCUT2D eigenvalue weighted by molar-refractivity contribution is 5.78. The van der Waals surface area contributed by atoms with Crippen LogP contribution in [0.3, 0.4) is 0 Å². The molecule has 1 aliphatic carbocycles. The fourth-order valence-corrected chi connectivity index (χ4v) is 3.89. The molecular weight excluding hydrogens is 310 g/mol. The van der Waals surface area contributed by atoms with Crippen molar-refractivity contribution >= 4 is 5.91 Å². The third kappa shape index (κ3) is 3.28. The summed E-state index contributed by atoms with van der Waals surface area (Å²) in [5.74, 6) is 0.734. The van der Waals surface area contributed by atoms with Crippen molar-refractivity contribution in [2.45, 2.75) is 45.3 Å². The van der Waals surface area contributed by atoms with Gasteiger partial charge < -0.3 is 19.5 Å². The maximum atomic E-state index is 12.7. The second kappa shape index (κ2) is 7.11. The minimum absolute atomic E-state index is 0.00725. The maximum absolute atomic E-state index is 12.7. The highest BCUT2D eigenvalue weighted by atomic mass is 16.5. The average molecular weight is 337 g/mol. The number of carbonyl (C=O) groups excluding carboxylic acids is 1. The van der Waals surface area contributed by atoms with Gasteiger partial charge in [0.1, 0.15) is 5.69 Å². The van der Waals surface area contributed by atoms with Crippen LogP contribution in [0.5, 0.6) is 5.75 Å². The van der Waals surface area contributed by atoms with Crippen molar-refractivity contribution in [3.63, 3.8) is 0 Å². The summed E-state index contributed by atoms with van der Waals surface area (Å²) in [6, 6.07) is -0.0524. The van der Waals surface area contributed by atoms with Crippen molar-refractivity contribution in [1.82, 2.24) is 14.7 Å². The van der Waals surface area contributed by atoms with Gasteiger partial charge in [-0.15, -0.1) is 0 Å². The zero-order valence-corrected chi connectivity index (χ0v) is 14.7. The number of rotatable bonds is 4. The number of morpholine rings is 1. The van der Waals surface area contributed by atoms with Gasteiger partial charge in [-0.1, -0.05) is 6.42 Å². The molecule has 7 nitrogen and oxygen atoms in total. The lowest BCUT2D eigenvalue weighted by Gasteiger charge is -2.40. The van der Waals surface area contributed by atoms with E-state index in [1.807, 2.05) is 25.8 Å². The summed E-state index contributed by atoms with van der Waals surface area (Å²) in [6.45, 7) is 5.38. The number of ether oxygens (including phenoxy) is 2. The number of aliphatic hydroxyl groups excluding tert-OH is 1. The van der Waals surface area contributed by atoms with Gasteiger partial charge in [0, 0.05) is 19.5 Å². The van der Waals surface area contributed by atoms with E-state index in [9.17, 15) is 9.90 Å². The van der Waals surface area contributed by atoms with E-state index >= 15 is 0 Å². The number of hydrogen-bond donors (Lipinski definition) is 1.